The molecule has 8 nitrogen and oxygen atoms in total. The molecule has 0 unspecified atom stereocenters. The van der Waals surface area contributed by atoms with Crippen molar-refractivity contribution in [2.24, 2.45) is 5.14 Å². The fourth-order valence-corrected chi connectivity index (χ4v) is 3.96. The van der Waals surface area contributed by atoms with E-state index >= 15 is 0 Å². The summed E-state index contributed by atoms with van der Waals surface area (Å²) < 4.78 is 22.7. The summed E-state index contributed by atoms with van der Waals surface area (Å²) >= 11 is 0. The van der Waals surface area contributed by atoms with E-state index in [1.165, 1.54) is 12.1 Å². The molecule has 0 spiro atoms. The molecule has 4 N–H and O–H groups in total. The number of urea groups is 1. The fourth-order valence-electron chi connectivity index (χ4n) is 3.44. The number of likely N-dealkylation sites (tertiary alicyclic amines) is 1. The number of carbonyl (C=O) groups is 2. The minimum Gasteiger partial charge on any atom is -0.338 e. The van der Waals surface area contributed by atoms with Crippen LogP contribution < -0.4 is 15.8 Å². The quantitative estimate of drug-likeness (QED) is 0.671. The molecule has 9 heteroatoms. The van der Waals surface area contributed by atoms with Crippen LogP contribution in [0.15, 0.2) is 59.5 Å². The molecule has 1 fully saturated rings. The van der Waals surface area contributed by atoms with E-state index < -0.39 is 10.0 Å². The Morgan fingerprint density at radius 1 is 1.03 bits per heavy atom. The lowest BCUT2D eigenvalue weighted by Gasteiger charge is -2.32. The fraction of sp³-hybridized carbons (Fsp3) is 0.333. The Labute approximate surface area is 176 Å². The average Bonchev–Trinajstić information content (AvgIpc) is 2.74. The zero-order valence-electron chi connectivity index (χ0n) is 16.7. The second-order valence-electron chi connectivity index (χ2n) is 7.39. The highest BCUT2D eigenvalue weighted by molar-refractivity contribution is 7.89. The van der Waals surface area contributed by atoms with Crippen LogP contribution in [0.25, 0.3) is 0 Å². The Balaban J connectivity index is 1.47. The van der Waals surface area contributed by atoms with Crippen molar-refractivity contribution in [2.75, 3.05) is 13.1 Å². The third kappa shape index (κ3) is 5.58. The summed E-state index contributed by atoms with van der Waals surface area (Å²) in [5.41, 5.74) is 1.43. The van der Waals surface area contributed by atoms with Gasteiger partial charge in [0.1, 0.15) is 0 Å². The largest absolute Gasteiger partial charge is 0.338 e. The van der Waals surface area contributed by atoms with Gasteiger partial charge in [-0.2, -0.15) is 0 Å². The molecule has 1 aliphatic rings. The number of sulfonamides is 1. The topological polar surface area (TPSA) is 122 Å². The van der Waals surface area contributed by atoms with Crippen LogP contribution in [0.5, 0.6) is 0 Å². The first-order valence-corrected chi connectivity index (χ1v) is 11.3. The van der Waals surface area contributed by atoms with E-state index in [1.807, 2.05) is 25.1 Å². The van der Waals surface area contributed by atoms with Gasteiger partial charge in [0, 0.05) is 24.7 Å². The Morgan fingerprint density at radius 3 is 2.20 bits per heavy atom. The number of nitrogens with zero attached hydrogens (tertiary/aromatic N) is 1. The normalized spacial score (nSPS) is 16.0. The average molecular weight is 431 g/mol. The number of primary sulfonamides is 1. The van der Waals surface area contributed by atoms with Gasteiger partial charge in [-0.3, -0.25) is 4.79 Å². The SMILES string of the molecule is C[C@H](NC(=O)NC1CCN(C(=O)c2ccccc2)CC1)c1ccc(S(N)(=O)=O)cc1. The second-order valence-corrected chi connectivity index (χ2v) is 8.95. The summed E-state index contributed by atoms with van der Waals surface area (Å²) in [5.74, 6) is 0.00932. The number of carbonyl (C=O) groups excluding carboxylic acids is 2. The highest BCUT2D eigenvalue weighted by Crippen LogP contribution is 2.17. The van der Waals surface area contributed by atoms with Gasteiger partial charge < -0.3 is 15.5 Å². The second kappa shape index (κ2) is 9.27. The van der Waals surface area contributed by atoms with Gasteiger partial charge in [-0.15, -0.1) is 0 Å². The predicted octanol–water partition coefficient (Wildman–Crippen LogP) is 2.00. The monoisotopic (exact) mass is 430 g/mol. The Kier molecular flexibility index (Phi) is 6.73. The Morgan fingerprint density at radius 2 is 1.63 bits per heavy atom. The van der Waals surface area contributed by atoms with Gasteiger partial charge in [0.15, 0.2) is 0 Å². The summed E-state index contributed by atoms with van der Waals surface area (Å²) in [6.07, 6.45) is 1.37. The van der Waals surface area contributed by atoms with E-state index in [0.29, 0.717) is 31.5 Å². The molecule has 1 aliphatic heterocycles. The molecule has 0 aliphatic carbocycles. The number of benzene rings is 2. The van der Waals surface area contributed by atoms with Crippen LogP contribution in [0, 0.1) is 0 Å². The van der Waals surface area contributed by atoms with Crippen LogP contribution in [-0.2, 0) is 10.0 Å². The summed E-state index contributed by atoms with van der Waals surface area (Å²) in [4.78, 5) is 26.7. The van der Waals surface area contributed by atoms with E-state index in [1.54, 1.807) is 29.2 Å². The zero-order valence-corrected chi connectivity index (χ0v) is 17.6. The molecule has 0 saturated carbocycles. The summed E-state index contributed by atoms with van der Waals surface area (Å²) in [6, 6.07) is 14.6. The Bertz CT molecular complexity index is 985. The van der Waals surface area contributed by atoms with Gasteiger partial charge in [-0.25, -0.2) is 18.4 Å². The number of rotatable bonds is 5. The van der Waals surface area contributed by atoms with Crippen LogP contribution in [0.2, 0.25) is 0 Å². The summed E-state index contributed by atoms with van der Waals surface area (Å²) in [5, 5.41) is 10.9. The number of nitrogens with two attached hydrogens (primary N) is 1. The third-order valence-corrected chi connectivity index (χ3v) is 6.12. The first kappa shape index (κ1) is 21.8. The lowest BCUT2D eigenvalue weighted by Crippen LogP contribution is -2.49. The van der Waals surface area contributed by atoms with Crippen molar-refractivity contribution in [1.82, 2.24) is 15.5 Å². The maximum atomic E-state index is 12.5. The van der Waals surface area contributed by atoms with E-state index in [2.05, 4.69) is 10.6 Å². The zero-order chi connectivity index (χ0) is 21.7. The minimum atomic E-state index is -3.74. The van der Waals surface area contributed by atoms with Gasteiger partial charge in [0.2, 0.25) is 10.0 Å². The van der Waals surface area contributed by atoms with Crippen molar-refractivity contribution < 1.29 is 18.0 Å². The maximum absolute atomic E-state index is 12.5. The minimum absolute atomic E-state index is 0.00932. The van der Waals surface area contributed by atoms with Crippen LogP contribution >= 0.6 is 0 Å². The smallest absolute Gasteiger partial charge is 0.315 e. The lowest BCUT2D eigenvalue weighted by molar-refractivity contribution is 0.0708. The highest BCUT2D eigenvalue weighted by atomic mass is 32.2. The van der Waals surface area contributed by atoms with E-state index in [4.69, 9.17) is 5.14 Å². The third-order valence-electron chi connectivity index (χ3n) is 5.19. The van der Waals surface area contributed by atoms with Crippen LogP contribution in [0.1, 0.15) is 41.7 Å². The van der Waals surface area contributed by atoms with Crippen LogP contribution in [-0.4, -0.2) is 44.4 Å². The van der Waals surface area contributed by atoms with Gasteiger partial charge in [0.25, 0.3) is 5.91 Å². The van der Waals surface area contributed by atoms with Crippen molar-refractivity contribution in [1.29, 1.82) is 0 Å². The maximum Gasteiger partial charge on any atom is 0.315 e. The summed E-state index contributed by atoms with van der Waals surface area (Å²) in [6.45, 7) is 2.99. The van der Waals surface area contributed by atoms with Crippen molar-refractivity contribution in [3.05, 3.63) is 65.7 Å². The molecule has 1 saturated heterocycles. The molecule has 3 amide bonds. The number of piperidine rings is 1. The number of amides is 3. The van der Waals surface area contributed by atoms with Crippen LogP contribution in [0.4, 0.5) is 4.79 Å². The van der Waals surface area contributed by atoms with Crippen molar-refractivity contribution >= 4 is 22.0 Å². The van der Waals surface area contributed by atoms with Gasteiger partial charge >= 0.3 is 6.03 Å². The molecule has 30 heavy (non-hydrogen) atoms. The number of hydrogen-bond donors (Lipinski definition) is 3. The lowest BCUT2D eigenvalue weighted by atomic mass is 10.0. The first-order valence-electron chi connectivity index (χ1n) is 9.78. The van der Waals surface area contributed by atoms with Crippen molar-refractivity contribution in [3.8, 4) is 0 Å². The molecule has 0 radical (unpaired) electrons. The van der Waals surface area contributed by atoms with E-state index in [9.17, 15) is 18.0 Å². The molecule has 2 aromatic carbocycles. The van der Waals surface area contributed by atoms with Gasteiger partial charge in [-0.1, -0.05) is 30.3 Å². The van der Waals surface area contributed by atoms with Gasteiger partial charge in [-0.05, 0) is 49.6 Å². The molecule has 1 heterocycles. The molecule has 0 aromatic heterocycles. The van der Waals surface area contributed by atoms with Crippen molar-refractivity contribution in [3.63, 3.8) is 0 Å². The number of hydrogen-bond acceptors (Lipinski definition) is 4. The molecule has 160 valence electrons. The molecular formula is C21H26N4O4S. The standard InChI is InChI=1S/C21H26N4O4S/c1-15(16-7-9-19(10-8-16)30(22,28)29)23-21(27)24-18-11-13-25(14-12-18)20(26)17-5-3-2-4-6-17/h2-10,15,18H,11-14H2,1H3,(H2,22,28,29)(H2,23,24,27)/t15-/m0/s1. The van der Waals surface area contributed by atoms with E-state index in [-0.39, 0.29) is 28.9 Å². The van der Waals surface area contributed by atoms with Crippen molar-refractivity contribution in [2.45, 2.75) is 36.7 Å². The number of nitrogens with one attached hydrogen (secondary N) is 2. The van der Waals surface area contributed by atoms with Gasteiger partial charge in [0.05, 0.1) is 10.9 Å². The van der Waals surface area contributed by atoms with E-state index in [0.717, 1.165) is 5.56 Å². The molecule has 1 atom stereocenters. The predicted molar refractivity (Wildman–Crippen MR) is 113 cm³/mol. The Hall–Kier alpha value is -2.91. The highest BCUT2D eigenvalue weighted by Gasteiger charge is 2.25. The molecule has 2 aromatic rings. The molecule has 3 rings (SSSR count). The summed E-state index contributed by atoms with van der Waals surface area (Å²) in [7, 11) is -3.74. The molecular weight excluding hydrogens is 404 g/mol. The molecule has 0 bridgehead atoms. The first-order chi connectivity index (χ1) is 14.2. The van der Waals surface area contributed by atoms with Crippen LogP contribution in [0.3, 0.4) is 0 Å².